The summed E-state index contributed by atoms with van der Waals surface area (Å²) in [6, 6.07) is 0. The molecule has 0 aliphatic heterocycles. The number of carbonyl (C=O) groups is 1. The maximum absolute atomic E-state index is 11.0. The van der Waals surface area contributed by atoms with Gasteiger partial charge in [-0.3, -0.25) is 0 Å². The highest BCUT2D eigenvalue weighted by Gasteiger charge is 2.19. The van der Waals surface area contributed by atoms with Gasteiger partial charge in [-0.15, -0.1) is 11.3 Å². The molecular weight excluding hydrogens is 210 g/mol. The summed E-state index contributed by atoms with van der Waals surface area (Å²) in [4.78, 5) is 11.0. The Bertz CT molecular complexity index is 457. The van der Waals surface area contributed by atoms with Crippen LogP contribution in [0, 0.1) is 0 Å². The number of carboxylic acids is 1. The van der Waals surface area contributed by atoms with Gasteiger partial charge in [0.05, 0.1) is 0 Å². The van der Waals surface area contributed by atoms with E-state index < -0.39 is 5.97 Å². The number of nitrogens with two attached hydrogens (primary N) is 1. The lowest BCUT2D eigenvalue weighted by atomic mass is 9.96. The number of anilines is 1. The third-order valence-electron chi connectivity index (χ3n) is 2.39. The van der Waals surface area contributed by atoms with Gasteiger partial charge in [0, 0.05) is 10.9 Å². The van der Waals surface area contributed by atoms with Crippen molar-refractivity contribution in [3.8, 4) is 0 Å². The largest absolute Gasteiger partial charge is 0.478 e. The first-order valence-corrected chi connectivity index (χ1v) is 5.54. The van der Waals surface area contributed by atoms with Crippen molar-refractivity contribution in [2.75, 3.05) is 5.73 Å². The molecule has 0 bridgehead atoms. The minimum absolute atomic E-state index is 0.251. The fourth-order valence-electron chi connectivity index (χ4n) is 1.66. The van der Waals surface area contributed by atoms with E-state index in [9.17, 15) is 4.79 Å². The predicted octanol–water partition coefficient (Wildman–Crippen LogP) is 2.76. The van der Waals surface area contributed by atoms with Crippen LogP contribution in [0.25, 0.3) is 5.57 Å². The monoisotopic (exact) mass is 221 g/mol. The summed E-state index contributed by atoms with van der Waals surface area (Å²) in [6.45, 7) is 0. The molecule has 4 heteroatoms. The van der Waals surface area contributed by atoms with E-state index in [1.807, 2.05) is 17.5 Å². The zero-order chi connectivity index (χ0) is 10.8. The van der Waals surface area contributed by atoms with Crippen molar-refractivity contribution < 1.29 is 9.90 Å². The van der Waals surface area contributed by atoms with Crippen molar-refractivity contribution >= 4 is 27.9 Å². The molecular formula is C11H11NO2S. The molecule has 1 aromatic heterocycles. The third-order valence-corrected chi connectivity index (χ3v) is 3.20. The highest BCUT2D eigenvalue weighted by Crippen LogP contribution is 2.33. The van der Waals surface area contributed by atoms with Crippen LogP contribution in [0.1, 0.15) is 28.8 Å². The van der Waals surface area contributed by atoms with Gasteiger partial charge in [0.1, 0.15) is 10.6 Å². The zero-order valence-corrected chi connectivity index (χ0v) is 8.88. The van der Waals surface area contributed by atoms with E-state index in [1.54, 1.807) is 0 Å². The maximum atomic E-state index is 11.0. The van der Waals surface area contributed by atoms with Gasteiger partial charge in [0.2, 0.25) is 0 Å². The first kappa shape index (κ1) is 9.98. The van der Waals surface area contributed by atoms with Crippen molar-refractivity contribution in [1.29, 1.82) is 0 Å². The lowest BCUT2D eigenvalue weighted by Crippen LogP contribution is -2.02. The van der Waals surface area contributed by atoms with Crippen LogP contribution in [0.3, 0.4) is 0 Å². The minimum atomic E-state index is -0.945. The van der Waals surface area contributed by atoms with Crippen molar-refractivity contribution in [1.82, 2.24) is 0 Å². The highest BCUT2D eigenvalue weighted by molar-refractivity contribution is 7.14. The Morgan fingerprint density at radius 1 is 1.53 bits per heavy atom. The number of hydrogen-bond donors (Lipinski definition) is 2. The molecule has 3 N–H and O–H groups in total. The Morgan fingerprint density at radius 2 is 2.33 bits per heavy atom. The lowest BCUT2D eigenvalue weighted by molar-refractivity contribution is 0.0698. The SMILES string of the molecule is Nc1scc(C2=CC=CCC2)c1C(=O)O. The number of rotatable bonds is 2. The molecule has 15 heavy (non-hydrogen) atoms. The molecule has 0 spiro atoms. The summed E-state index contributed by atoms with van der Waals surface area (Å²) in [5, 5.41) is 11.3. The van der Waals surface area contributed by atoms with E-state index in [2.05, 4.69) is 6.08 Å². The molecule has 1 aromatic rings. The topological polar surface area (TPSA) is 63.3 Å². The van der Waals surface area contributed by atoms with Gasteiger partial charge in [-0.05, 0) is 18.4 Å². The van der Waals surface area contributed by atoms with Crippen LogP contribution < -0.4 is 5.73 Å². The molecule has 3 nitrogen and oxygen atoms in total. The smallest absolute Gasteiger partial charge is 0.339 e. The molecule has 1 aliphatic rings. The first-order chi connectivity index (χ1) is 7.20. The van der Waals surface area contributed by atoms with Crippen molar-refractivity contribution in [2.24, 2.45) is 0 Å². The second-order valence-corrected chi connectivity index (χ2v) is 4.26. The van der Waals surface area contributed by atoms with E-state index in [4.69, 9.17) is 10.8 Å². The van der Waals surface area contributed by atoms with Crippen LogP contribution in [0.5, 0.6) is 0 Å². The van der Waals surface area contributed by atoms with Gasteiger partial charge in [-0.25, -0.2) is 4.79 Å². The predicted molar refractivity (Wildman–Crippen MR) is 62.0 cm³/mol. The normalized spacial score (nSPS) is 15.1. The van der Waals surface area contributed by atoms with Crippen molar-refractivity contribution in [3.63, 3.8) is 0 Å². The summed E-state index contributed by atoms with van der Waals surface area (Å²) < 4.78 is 0. The van der Waals surface area contributed by atoms with Crippen LogP contribution >= 0.6 is 11.3 Å². The Morgan fingerprint density at radius 3 is 2.93 bits per heavy atom. The molecule has 1 heterocycles. The number of allylic oxidation sites excluding steroid dienone is 4. The molecule has 0 radical (unpaired) electrons. The molecule has 0 saturated heterocycles. The minimum Gasteiger partial charge on any atom is -0.478 e. The van der Waals surface area contributed by atoms with Gasteiger partial charge >= 0.3 is 5.97 Å². The number of hydrogen-bond acceptors (Lipinski definition) is 3. The number of carboxylic acid groups (broad SMARTS) is 1. The summed E-state index contributed by atoms with van der Waals surface area (Å²) in [5.74, 6) is -0.945. The average molecular weight is 221 g/mol. The number of thiophene rings is 1. The Balaban J connectivity index is 2.48. The molecule has 78 valence electrons. The molecule has 2 rings (SSSR count). The fourth-order valence-corrected chi connectivity index (χ4v) is 2.49. The van der Waals surface area contributed by atoms with E-state index in [0.717, 1.165) is 24.0 Å². The van der Waals surface area contributed by atoms with E-state index in [1.165, 1.54) is 11.3 Å². The van der Waals surface area contributed by atoms with Gasteiger partial charge in [0.25, 0.3) is 0 Å². The zero-order valence-electron chi connectivity index (χ0n) is 8.06. The van der Waals surface area contributed by atoms with Crippen LogP contribution in [0.15, 0.2) is 23.6 Å². The Labute approximate surface area is 91.5 Å². The van der Waals surface area contributed by atoms with Gasteiger partial charge in [-0.1, -0.05) is 18.2 Å². The Hall–Kier alpha value is -1.55. The third kappa shape index (κ3) is 1.80. The number of aromatic carboxylic acids is 1. The molecule has 1 aliphatic carbocycles. The Kier molecular flexibility index (Phi) is 2.60. The first-order valence-electron chi connectivity index (χ1n) is 4.66. The molecule has 0 amide bonds. The second-order valence-electron chi connectivity index (χ2n) is 3.35. The quantitative estimate of drug-likeness (QED) is 0.807. The molecule has 0 fully saturated rings. The average Bonchev–Trinajstić information content (AvgIpc) is 2.61. The number of nitrogen functional groups attached to an aromatic ring is 1. The fraction of sp³-hybridized carbons (Fsp3) is 0.182. The van der Waals surface area contributed by atoms with Crippen LogP contribution in [-0.4, -0.2) is 11.1 Å². The molecule has 0 atom stereocenters. The van der Waals surface area contributed by atoms with E-state index in [-0.39, 0.29) is 5.56 Å². The van der Waals surface area contributed by atoms with Crippen LogP contribution in [0.4, 0.5) is 5.00 Å². The van der Waals surface area contributed by atoms with Crippen LogP contribution in [0.2, 0.25) is 0 Å². The van der Waals surface area contributed by atoms with Gasteiger partial charge < -0.3 is 10.8 Å². The highest BCUT2D eigenvalue weighted by atomic mass is 32.1. The van der Waals surface area contributed by atoms with E-state index in [0.29, 0.717) is 5.00 Å². The standard InChI is InChI=1S/C11H11NO2S/c12-10-9(11(13)14)8(6-15-10)7-4-2-1-3-5-7/h1-2,4,6H,3,5,12H2,(H,13,14). The van der Waals surface area contributed by atoms with Gasteiger partial charge in [-0.2, -0.15) is 0 Å². The second kappa shape index (κ2) is 3.90. The van der Waals surface area contributed by atoms with Crippen LogP contribution in [-0.2, 0) is 0 Å². The molecule has 0 unspecified atom stereocenters. The maximum Gasteiger partial charge on any atom is 0.339 e. The summed E-state index contributed by atoms with van der Waals surface area (Å²) in [5.41, 5.74) is 7.72. The summed E-state index contributed by atoms with van der Waals surface area (Å²) in [6.07, 6.45) is 7.82. The summed E-state index contributed by atoms with van der Waals surface area (Å²) >= 11 is 1.29. The molecule has 0 saturated carbocycles. The molecule has 0 aromatic carbocycles. The van der Waals surface area contributed by atoms with Crippen molar-refractivity contribution in [2.45, 2.75) is 12.8 Å². The van der Waals surface area contributed by atoms with Gasteiger partial charge in [0.15, 0.2) is 0 Å². The summed E-state index contributed by atoms with van der Waals surface area (Å²) in [7, 11) is 0. The lowest BCUT2D eigenvalue weighted by Gasteiger charge is -2.08. The van der Waals surface area contributed by atoms with E-state index >= 15 is 0 Å². The van der Waals surface area contributed by atoms with Crippen molar-refractivity contribution in [3.05, 3.63) is 34.7 Å².